The van der Waals surface area contributed by atoms with Gasteiger partial charge < -0.3 is 25.6 Å². The molecule has 0 aliphatic rings. The Balaban J connectivity index is 2.70. The Morgan fingerprint density at radius 3 is 2.67 bits per heavy atom. The number of hydrogen-bond donors (Lipinski definition) is 3. The summed E-state index contributed by atoms with van der Waals surface area (Å²) in [6, 6.07) is 3.66. The topological polar surface area (TPSA) is 111 Å². The number of carboxylic acids is 1. The lowest BCUT2D eigenvalue weighted by Gasteiger charge is -2.13. The van der Waals surface area contributed by atoms with Crippen LogP contribution in [0.3, 0.4) is 0 Å². The fourth-order valence-electron chi connectivity index (χ4n) is 1.76. The zero-order valence-corrected chi connectivity index (χ0v) is 12.1. The van der Waals surface area contributed by atoms with E-state index < -0.39 is 12.0 Å². The SMILES string of the molecule is COCCCC(N)C(=O)Nc1ccc(C(=O)O)c(OC)c1. The van der Waals surface area contributed by atoms with Crippen LogP contribution in [0.2, 0.25) is 0 Å². The average Bonchev–Trinajstić information content (AvgIpc) is 2.46. The quantitative estimate of drug-likeness (QED) is 0.619. The Bertz CT molecular complexity index is 504. The summed E-state index contributed by atoms with van der Waals surface area (Å²) in [5.74, 6) is -1.26. The number of methoxy groups -OCH3 is 2. The minimum atomic E-state index is -1.10. The first-order valence-electron chi connectivity index (χ1n) is 6.46. The maximum absolute atomic E-state index is 11.9. The molecule has 0 spiro atoms. The van der Waals surface area contributed by atoms with Gasteiger partial charge in [0.1, 0.15) is 11.3 Å². The largest absolute Gasteiger partial charge is 0.496 e. The molecule has 1 amide bonds. The molecule has 0 heterocycles. The zero-order chi connectivity index (χ0) is 15.8. The molecule has 0 radical (unpaired) electrons. The van der Waals surface area contributed by atoms with E-state index in [1.807, 2.05) is 0 Å². The van der Waals surface area contributed by atoms with Crippen molar-refractivity contribution in [1.82, 2.24) is 0 Å². The molecule has 0 fully saturated rings. The summed E-state index contributed by atoms with van der Waals surface area (Å²) in [7, 11) is 2.95. The van der Waals surface area contributed by atoms with Gasteiger partial charge in [-0.15, -0.1) is 0 Å². The number of benzene rings is 1. The Hall–Kier alpha value is -2.12. The molecular weight excluding hydrogens is 276 g/mol. The molecule has 0 saturated carbocycles. The van der Waals surface area contributed by atoms with Gasteiger partial charge in [-0.05, 0) is 25.0 Å². The van der Waals surface area contributed by atoms with Crippen LogP contribution in [0.25, 0.3) is 0 Å². The summed E-state index contributed by atoms with van der Waals surface area (Å²) >= 11 is 0. The number of carboxylic acid groups (broad SMARTS) is 1. The Kier molecular flexibility index (Phi) is 6.64. The van der Waals surface area contributed by atoms with E-state index in [0.717, 1.165) is 0 Å². The molecule has 1 rings (SSSR count). The van der Waals surface area contributed by atoms with E-state index in [4.69, 9.17) is 20.3 Å². The molecule has 0 bridgehead atoms. The van der Waals surface area contributed by atoms with E-state index in [1.54, 1.807) is 7.11 Å². The fraction of sp³-hybridized carbons (Fsp3) is 0.429. The standard InChI is InChI=1S/C14H20N2O5/c1-20-7-3-4-11(15)13(17)16-9-5-6-10(14(18)19)12(8-9)21-2/h5-6,8,11H,3-4,7,15H2,1-2H3,(H,16,17)(H,18,19). The van der Waals surface area contributed by atoms with Crippen molar-refractivity contribution in [3.05, 3.63) is 23.8 Å². The highest BCUT2D eigenvalue weighted by Gasteiger charge is 2.15. The Morgan fingerprint density at radius 1 is 1.38 bits per heavy atom. The molecule has 7 nitrogen and oxygen atoms in total. The first-order valence-corrected chi connectivity index (χ1v) is 6.46. The summed E-state index contributed by atoms with van der Waals surface area (Å²) in [6.45, 7) is 0.544. The second-order valence-electron chi connectivity index (χ2n) is 4.45. The number of aromatic carboxylic acids is 1. The lowest BCUT2D eigenvalue weighted by Crippen LogP contribution is -2.35. The number of carbonyl (C=O) groups is 2. The number of ether oxygens (including phenoxy) is 2. The maximum atomic E-state index is 11.9. The third kappa shape index (κ3) is 5.05. The highest BCUT2D eigenvalue weighted by atomic mass is 16.5. The molecule has 0 aliphatic heterocycles. The minimum Gasteiger partial charge on any atom is -0.496 e. The third-order valence-electron chi connectivity index (χ3n) is 2.90. The van der Waals surface area contributed by atoms with Crippen molar-refractivity contribution >= 4 is 17.6 Å². The van der Waals surface area contributed by atoms with E-state index in [9.17, 15) is 9.59 Å². The molecular formula is C14H20N2O5. The van der Waals surface area contributed by atoms with Crippen LogP contribution in [0.4, 0.5) is 5.69 Å². The van der Waals surface area contributed by atoms with Crippen LogP contribution in [0.1, 0.15) is 23.2 Å². The molecule has 21 heavy (non-hydrogen) atoms. The molecule has 1 aromatic rings. The number of hydrogen-bond acceptors (Lipinski definition) is 5. The fourth-order valence-corrected chi connectivity index (χ4v) is 1.76. The van der Waals surface area contributed by atoms with Gasteiger partial charge in [0.2, 0.25) is 5.91 Å². The summed E-state index contributed by atoms with van der Waals surface area (Å²) in [4.78, 5) is 22.9. The van der Waals surface area contributed by atoms with Crippen LogP contribution in [0.5, 0.6) is 5.75 Å². The number of anilines is 1. The monoisotopic (exact) mass is 296 g/mol. The predicted octanol–water partition coefficient (Wildman–Crippen LogP) is 1.09. The molecule has 0 aliphatic carbocycles. The Labute approximate surface area is 123 Å². The first-order chi connectivity index (χ1) is 9.99. The van der Waals surface area contributed by atoms with E-state index in [2.05, 4.69) is 5.32 Å². The highest BCUT2D eigenvalue weighted by molar-refractivity contribution is 5.96. The molecule has 0 aromatic heterocycles. The number of carbonyl (C=O) groups excluding carboxylic acids is 1. The normalized spacial score (nSPS) is 11.8. The van der Waals surface area contributed by atoms with Gasteiger partial charge in [-0.25, -0.2) is 4.79 Å². The van der Waals surface area contributed by atoms with Crippen molar-refractivity contribution in [2.24, 2.45) is 5.73 Å². The number of nitrogens with one attached hydrogen (secondary N) is 1. The van der Waals surface area contributed by atoms with E-state index in [-0.39, 0.29) is 17.2 Å². The molecule has 4 N–H and O–H groups in total. The lowest BCUT2D eigenvalue weighted by molar-refractivity contribution is -0.117. The van der Waals surface area contributed by atoms with Crippen LogP contribution in [-0.4, -0.2) is 43.9 Å². The maximum Gasteiger partial charge on any atom is 0.339 e. The molecule has 7 heteroatoms. The second kappa shape index (κ2) is 8.23. The van der Waals surface area contributed by atoms with Gasteiger partial charge in [-0.3, -0.25) is 4.79 Å². The van der Waals surface area contributed by atoms with Crippen LogP contribution in [0, 0.1) is 0 Å². The van der Waals surface area contributed by atoms with Crippen molar-refractivity contribution in [2.45, 2.75) is 18.9 Å². The van der Waals surface area contributed by atoms with Crippen LogP contribution in [-0.2, 0) is 9.53 Å². The van der Waals surface area contributed by atoms with Crippen molar-refractivity contribution in [3.8, 4) is 5.75 Å². The number of nitrogens with two attached hydrogens (primary N) is 1. The first kappa shape index (κ1) is 16.9. The van der Waals surface area contributed by atoms with Crippen molar-refractivity contribution in [2.75, 3.05) is 26.1 Å². The summed E-state index contributed by atoms with van der Waals surface area (Å²) in [5.41, 5.74) is 6.22. The lowest BCUT2D eigenvalue weighted by atomic mass is 10.1. The number of rotatable bonds is 8. The van der Waals surface area contributed by atoms with Gasteiger partial charge in [-0.1, -0.05) is 0 Å². The van der Waals surface area contributed by atoms with Crippen molar-refractivity contribution in [3.63, 3.8) is 0 Å². The smallest absolute Gasteiger partial charge is 0.339 e. The van der Waals surface area contributed by atoms with E-state index in [0.29, 0.717) is 25.1 Å². The highest BCUT2D eigenvalue weighted by Crippen LogP contribution is 2.23. The molecule has 116 valence electrons. The van der Waals surface area contributed by atoms with Gasteiger partial charge in [0.25, 0.3) is 0 Å². The second-order valence-corrected chi connectivity index (χ2v) is 4.45. The summed E-state index contributed by atoms with van der Waals surface area (Å²) in [6.07, 6.45) is 1.19. The van der Waals surface area contributed by atoms with Gasteiger partial charge in [0.05, 0.1) is 13.2 Å². The van der Waals surface area contributed by atoms with Gasteiger partial charge in [0.15, 0.2) is 0 Å². The van der Waals surface area contributed by atoms with Gasteiger partial charge in [-0.2, -0.15) is 0 Å². The van der Waals surface area contributed by atoms with E-state index >= 15 is 0 Å². The third-order valence-corrected chi connectivity index (χ3v) is 2.90. The molecule has 1 unspecified atom stereocenters. The van der Waals surface area contributed by atoms with Crippen LogP contribution in [0.15, 0.2) is 18.2 Å². The number of amides is 1. The van der Waals surface area contributed by atoms with Crippen molar-refractivity contribution < 1.29 is 24.2 Å². The van der Waals surface area contributed by atoms with Gasteiger partial charge in [0, 0.05) is 25.5 Å². The predicted molar refractivity (Wildman–Crippen MR) is 77.7 cm³/mol. The average molecular weight is 296 g/mol. The molecule has 0 saturated heterocycles. The Morgan fingerprint density at radius 2 is 2.10 bits per heavy atom. The zero-order valence-electron chi connectivity index (χ0n) is 12.1. The van der Waals surface area contributed by atoms with Crippen molar-refractivity contribution in [1.29, 1.82) is 0 Å². The van der Waals surface area contributed by atoms with Gasteiger partial charge >= 0.3 is 5.97 Å². The molecule has 1 atom stereocenters. The van der Waals surface area contributed by atoms with Crippen LogP contribution < -0.4 is 15.8 Å². The summed E-state index contributed by atoms with van der Waals surface area (Å²) < 4.78 is 9.89. The molecule has 1 aromatic carbocycles. The summed E-state index contributed by atoms with van der Waals surface area (Å²) in [5, 5.41) is 11.6. The minimum absolute atomic E-state index is 0.0277. The van der Waals surface area contributed by atoms with Crippen LogP contribution >= 0.6 is 0 Å². The van der Waals surface area contributed by atoms with E-state index in [1.165, 1.54) is 25.3 Å².